The van der Waals surface area contributed by atoms with Gasteiger partial charge in [-0.2, -0.15) is 0 Å². The average molecular weight is 327 g/mol. The first kappa shape index (κ1) is 17.1. The molecule has 1 saturated heterocycles. The van der Waals surface area contributed by atoms with E-state index >= 15 is 0 Å². The van der Waals surface area contributed by atoms with Crippen LogP contribution in [0.1, 0.15) is 13.3 Å². The Morgan fingerprint density at radius 3 is 2.82 bits per heavy atom. The third-order valence-corrected chi connectivity index (χ3v) is 3.91. The van der Waals surface area contributed by atoms with E-state index in [-0.39, 0.29) is 5.91 Å². The van der Waals surface area contributed by atoms with Gasteiger partial charge in [0, 0.05) is 26.2 Å². The van der Waals surface area contributed by atoms with Crippen LogP contribution in [0, 0.1) is 0 Å². The van der Waals surface area contributed by atoms with Gasteiger partial charge in [-0.15, -0.1) is 0 Å². The zero-order valence-corrected chi connectivity index (χ0v) is 13.6. The molecule has 1 aromatic carbocycles. The molecule has 0 saturated carbocycles. The first-order valence-corrected chi connectivity index (χ1v) is 8.07. The van der Waals surface area contributed by atoms with Crippen molar-refractivity contribution < 1.29 is 14.3 Å². The first-order valence-electron chi connectivity index (χ1n) is 7.69. The number of carbonyl (C=O) groups excluding carboxylic acids is 1. The van der Waals surface area contributed by atoms with Gasteiger partial charge in [0.2, 0.25) is 0 Å². The molecule has 1 heterocycles. The summed E-state index contributed by atoms with van der Waals surface area (Å²) < 4.78 is 11.0. The maximum atomic E-state index is 12.2. The van der Waals surface area contributed by atoms with Crippen LogP contribution in [-0.2, 0) is 9.53 Å². The van der Waals surface area contributed by atoms with Crippen LogP contribution in [0.4, 0.5) is 0 Å². The molecule has 1 aliphatic heterocycles. The molecular formula is C16H23ClN2O3. The highest BCUT2D eigenvalue weighted by Crippen LogP contribution is 2.24. The predicted molar refractivity (Wildman–Crippen MR) is 86.4 cm³/mol. The smallest absolute Gasteiger partial charge is 0.261 e. The topological polar surface area (TPSA) is 50.8 Å². The van der Waals surface area contributed by atoms with Crippen molar-refractivity contribution in [1.29, 1.82) is 0 Å². The van der Waals surface area contributed by atoms with Gasteiger partial charge in [-0.1, -0.05) is 30.7 Å². The van der Waals surface area contributed by atoms with Gasteiger partial charge in [-0.25, -0.2) is 0 Å². The van der Waals surface area contributed by atoms with Gasteiger partial charge in [-0.05, 0) is 18.6 Å². The van der Waals surface area contributed by atoms with Crippen LogP contribution >= 0.6 is 11.6 Å². The van der Waals surface area contributed by atoms with Crippen LogP contribution in [0.2, 0.25) is 5.02 Å². The van der Waals surface area contributed by atoms with E-state index in [0.717, 1.165) is 32.8 Å². The summed E-state index contributed by atoms with van der Waals surface area (Å²) in [6.45, 7) is 6.73. The molecule has 0 spiro atoms. The number of rotatable bonds is 7. The number of para-hydroxylation sites is 1. The molecule has 0 unspecified atom stereocenters. The van der Waals surface area contributed by atoms with Crippen molar-refractivity contribution in [2.45, 2.75) is 19.4 Å². The molecule has 1 amide bonds. The number of hydrogen-bond acceptors (Lipinski definition) is 4. The molecule has 0 radical (unpaired) electrons. The Labute approximate surface area is 136 Å². The number of benzene rings is 1. The minimum atomic E-state index is -0.524. The zero-order valence-electron chi connectivity index (χ0n) is 12.9. The summed E-state index contributed by atoms with van der Waals surface area (Å²) >= 11 is 6.06. The van der Waals surface area contributed by atoms with Crippen LogP contribution in [-0.4, -0.2) is 56.3 Å². The van der Waals surface area contributed by atoms with Gasteiger partial charge in [0.05, 0.1) is 18.2 Å². The lowest BCUT2D eigenvalue weighted by molar-refractivity contribution is -0.128. The van der Waals surface area contributed by atoms with Gasteiger partial charge in [0.15, 0.2) is 6.10 Å². The zero-order chi connectivity index (χ0) is 15.8. The van der Waals surface area contributed by atoms with E-state index in [1.807, 2.05) is 19.1 Å². The fourth-order valence-electron chi connectivity index (χ4n) is 2.29. The monoisotopic (exact) mass is 326 g/mol. The maximum Gasteiger partial charge on any atom is 0.261 e. The number of halogens is 1. The minimum Gasteiger partial charge on any atom is -0.479 e. The molecule has 0 bridgehead atoms. The van der Waals surface area contributed by atoms with Crippen molar-refractivity contribution in [1.82, 2.24) is 10.2 Å². The number of nitrogens with one attached hydrogen (secondary N) is 1. The highest BCUT2D eigenvalue weighted by molar-refractivity contribution is 6.32. The summed E-state index contributed by atoms with van der Waals surface area (Å²) in [5, 5.41) is 3.45. The van der Waals surface area contributed by atoms with Crippen LogP contribution in [0.5, 0.6) is 5.75 Å². The van der Waals surface area contributed by atoms with Crippen LogP contribution in [0.25, 0.3) is 0 Å². The van der Waals surface area contributed by atoms with E-state index in [0.29, 0.717) is 23.7 Å². The summed E-state index contributed by atoms with van der Waals surface area (Å²) in [5.41, 5.74) is 0. The van der Waals surface area contributed by atoms with Crippen molar-refractivity contribution >= 4 is 17.5 Å². The van der Waals surface area contributed by atoms with Gasteiger partial charge < -0.3 is 14.8 Å². The van der Waals surface area contributed by atoms with E-state index < -0.39 is 6.10 Å². The highest BCUT2D eigenvalue weighted by atomic mass is 35.5. The molecule has 22 heavy (non-hydrogen) atoms. The van der Waals surface area contributed by atoms with E-state index in [2.05, 4.69) is 10.2 Å². The molecular weight excluding hydrogens is 304 g/mol. The molecule has 1 fully saturated rings. The van der Waals surface area contributed by atoms with Crippen molar-refractivity contribution in [3.8, 4) is 5.75 Å². The van der Waals surface area contributed by atoms with Gasteiger partial charge >= 0.3 is 0 Å². The summed E-state index contributed by atoms with van der Waals surface area (Å²) in [6.07, 6.45) is 0.0683. The van der Waals surface area contributed by atoms with Crippen LogP contribution < -0.4 is 10.1 Å². The number of amides is 1. The number of ether oxygens (including phenoxy) is 2. The number of nitrogens with zero attached hydrogens (tertiary/aromatic N) is 1. The second-order valence-electron chi connectivity index (χ2n) is 5.19. The Balaban J connectivity index is 1.77. The quantitative estimate of drug-likeness (QED) is 0.832. The Bertz CT molecular complexity index is 478. The fraction of sp³-hybridized carbons (Fsp3) is 0.562. The summed E-state index contributed by atoms with van der Waals surface area (Å²) in [6, 6.07) is 7.19. The first-order chi connectivity index (χ1) is 10.7. The minimum absolute atomic E-state index is 0.101. The second kappa shape index (κ2) is 8.98. The molecule has 1 aromatic rings. The Kier molecular flexibility index (Phi) is 6.96. The molecule has 1 atom stereocenters. The van der Waals surface area contributed by atoms with E-state index in [1.54, 1.807) is 12.1 Å². The summed E-state index contributed by atoms with van der Waals surface area (Å²) in [4.78, 5) is 14.5. The number of carbonyl (C=O) groups is 1. The summed E-state index contributed by atoms with van der Waals surface area (Å²) in [7, 11) is 0. The molecule has 6 heteroatoms. The van der Waals surface area contributed by atoms with E-state index in [9.17, 15) is 4.79 Å². The van der Waals surface area contributed by atoms with Gasteiger partial charge in [0.25, 0.3) is 5.91 Å². The normalized spacial score (nSPS) is 17.0. The lowest BCUT2D eigenvalue weighted by atomic mass is 10.2. The largest absolute Gasteiger partial charge is 0.479 e. The molecule has 0 aliphatic carbocycles. The SMILES string of the molecule is CC[C@@H](Oc1ccccc1Cl)C(=O)NCCN1CCOCC1. The lowest BCUT2D eigenvalue weighted by Gasteiger charge is -2.26. The van der Waals surface area contributed by atoms with Crippen molar-refractivity contribution in [2.24, 2.45) is 0 Å². The van der Waals surface area contributed by atoms with Crippen LogP contribution in [0.15, 0.2) is 24.3 Å². The average Bonchev–Trinajstić information content (AvgIpc) is 2.55. The summed E-state index contributed by atoms with van der Waals surface area (Å²) in [5.74, 6) is 0.440. The van der Waals surface area contributed by atoms with Crippen molar-refractivity contribution in [2.75, 3.05) is 39.4 Å². The van der Waals surface area contributed by atoms with E-state index in [4.69, 9.17) is 21.1 Å². The number of morpholine rings is 1. The Morgan fingerprint density at radius 1 is 1.41 bits per heavy atom. The molecule has 1 aliphatic rings. The number of hydrogen-bond donors (Lipinski definition) is 1. The maximum absolute atomic E-state index is 12.2. The second-order valence-corrected chi connectivity index (χ2v) is 5.60. The van der Waals surface area contributed by atoms with Crippen LogP contribution in [0.3, 0.4) is 0 Å². The third kappa shape index (κ3) is 5.16. The van der Waals surface area contributed by atoms with Crippen molar-refractivity contribution in [3.05, 3.63) is 29.3 Å². The van der Waals surface area contributed by atoms with E-state index in [1.165, 1.54) is 0 Å². The Morgan fingerprint density at radius 2 is 2.14 bits per heavy atom. The van der Waals surface area contributed by atoms with Crippen molar-refractivity contribution in [3.63, 3.8) is 0 Å². The Hall–Kier alpha value is -1.30. The van der Waals surface area contributed by atoms with Gasteiger partial charge in [-0.3, -0.25) is 9.69 Å². The molecule has 122 valence electrons. The molecule has 0 aromatic heterocycles. The molecule has 5 nitrogen and oxygen atoms in total. The predicted octanol–water partition coefficient (Wildman–Crippen LogP) is 1.95. The third-order valence-electron chi connectivity index (χ3n) is 3.60. The lowest BCUT2D eigenvalue weighted by Crippen LogP contribution is -2.44. The highest BCUT2D eigenvalue weighted by Gasteiger charge is 2.19. The molecule has 2 rings (SSSR count). The van der Waals surface area contributed by atoms with Gasteiger partial charge in [0.1, 0.15) is 5.75 Å². The fourth-order valence-corrected chi connectivity index (χ4v) is 2.47. The standard InChI is InChI=1S/C16H23ClN2O3/c1-2-14(22-15-6-4-3-5-13(15)17)16(20)18-7-8-19-9-11-21-12-10-19/h3-6,14H,2,7-12H2,1H3,(H,18,20)/t14-/m1/s1. The molecule has 1 N–H and O–H groups in total.